The van der Waals surface area contributed by atoms with Gasteiger partial charge in [0.2, 0.25) is 0 Å². The second-order valence-electron chi connectivity index (χ2n) is 5.08. The van der Waals surface area contributed by atoms with E-state index in [1.165, 1.54) is 0 Å². The Labute approximate surface area is 69.8 Å². The zero-order valence-corrected chi connectivity index (χ0v) is 8.31. The topological polar surface area (TPSA) is 20.2 Å². The standard InChI is InChI=1S/C10H20O/c1-7(6-11)8-9(2,3)10(8,4)5/h7-8,11H,6H2,1-5H3/t7-/m1/s1. The van der Waals surface area contributed by atoms with Crippen LogP contribution in [0.3, 0.4) is 0 Å². The number of hydrogen-bond acceptors (Lipinski definition) is 1. The van der Waals surface area contributed by atoms with E-state index in [9.17, 15) is 0 Å². The summed E-state index contributed by atoms with van der Waals surface area (Å²) >= 11 is 0. The molecule has 0 bridgehead atoms. The van der Waals surface area contributed by atoms with E-state index in [4.69, 9.17) is 5.11 Å². The molecule has 1 saturated carbocycles. The number of aliphatic hydroxyl groups is 1. The zero-order valence-electron chi connectivity index (χ0n) is 8.31. The lowest BCUT2D eigenvalue weighted by Crippen LogP contribution is -2.08. The first-order valence-electron chi connectivity index (χ1n) is 4.46. The van der Waals surface area contributed by atoms with Gasteiger partial charge in [0.1, 0.15) is 0 Å². The highest BCUT2D eigenvalue weighted by Gasteiger charge is 2.65. The zero-order chi connectivity index (χ0) is 8.86. The van der Waals surface area contributed by atoms with E-state index < -0.39 is 0 Å². The first-order valence-corrected chi connectivity index (χ1v) is 4.46. The van der Waals surface area contributed by atoms with E-state index in [1.807, 2.05) is 0 Å². The predicted octanol–water partition coefficient (Wildman–Crippen LogP) is 2.30. The van der Waals surface area contributed by atoms with Crippen molar-refractivity contribution < 1.29 is 5.11 Å². The molecule has 1 heteroatoms. The Hall–Kier alpha value is -0.0400. The van der Waals surface area contributed by atoms with Crippen LogP contribution in [0.15, 0.2) is 0 Å². The summed E-state index contributed by atoms with van der Waals surface area (Å²) in [5.41, 5.74) is 0.851. The van der Waals surface area contributed by atoms with Crippen LogP contribution in [-0.2, 0) is 0 Å². The van der Waals surface area contributed by atoms with Crippen LogP contribution in [0.4, 0.5) is 0 Å². The monoisotopic (exact) mass is 156 g/mol. The first-order chi connectivity index (χ1) is 4.85. The van der Waals surface area contributed by atoms with Crippen LogP contribution in [0, 0.1) is 22.7 Å². The van der Waals surface area contributed by atoms with Gasteiger partial charge in [0.15, 0.2) is 0 Å². The van der Waals surface area contributed by atoms with Crippen molar-refractivity contribution in [1.29, 1.82) is 0 Å². The van der Waals surface area contributed by atoms with Gasteiger partial charge in [-0.25, -0.2) is 0 Å². The Kier molecular flexibility index (Phi) is 1.83. The third-order valence-corrected chi connectivity index (χ3v) is 3.99. The molecule has 1 atom stereocenters. The molecule has 1 fully saturated rings. The Morgan fingerprint density at radius 1 is 1.18 bits per heavy atom. The molecule has 0 unspecified atom stereocenters. The molecule has 0 aromatic heterocycles. The van der Waals surface area contributed by atoms with Crippen molar-refractivity contribution >= 4 is 0 Å². The fourth-order valence-electron chi connectivity index (χ4n) is 2.78. The maximum Gasteiger partial charge on any atom is 0.0459 e. The number of hydrogen-bond donors (Lipinski definition) is 1. The molecule has 0 amide bonds. The van der Waals surface area contributed by atoms with Crippen LogP contribution < -0.4 is 0 Å². The van der Waals surface area contributed by atoms with Crippen LogP contribution in [-0.4, -0.2) is 11.7 Å². The molecular formula is C10H20O. The molecule has 0 radical (unpaired) electrons. The van der Waals surface area contributed by atoms with E-state index in [2.05, 4.69) is 34.6 Å². The van der Waals surface area contributed by atoms with Gasteiger partial charge in [-0.3, -0.25) is 0 Å². The second kappa shape index (κ2) is 2.22. The number of rotatable bonds is 2. The predicted molar refractivity (Wildman–Crippen MR) is 47.3 cm³/mol. The van der Waals surface area contributed by atoms with Crippen molar-refractivity contribution in [1.82, 2.24) is 0 Å². The van der Waals surface area contributed by atoms with Gasteiger partial charge < -0.3 is 5.11 Å². The van der Waals surface area contributed by atoms with Crippen molar-refractivity contribution in [2.45, 2.75) is 34.6 Å². The highest BCUT2D eigenvalue weighted by molar-refractivity contribution is 5.13. The maximum absolute atomic E-state index is 9.01. The Morgan fingerprint density at radius 2 is 1.55 bits per heavy atom. The Bertz CT molecular complexity index is 144. The maximum atomic E-state index is 9.01. The fourth-order valence-corrected chi connectivity index (χ4v) is 2.78. The number of aliphatic hydroxyl groups excluding tert-OH is 1. The third kappa shape index (κ3) is 1.01. The SMILES string of the molecule is C[C@H](CO)C1C(C)(C)C1(C)C. The molecule has 1 aliphatic carbocycles. The van der Waals surface area contributed by atoms with Crippen molar-refractivity contribution in [3.05, 3.63) is 0 Å². The minimum atomic E-state index is 0.331. The lowest BCUT2D eigenvalue weighted by molar-refractivity contribution is 0.205. The summed E-state index contributed by atoms with van der Waals surface area (Å²) in [6, 6.07) is 0. The molecule has 66 valence electrons. The smallest absolute Gasteiger partial charge is 0.0459 e. The summed E-state index contributed by atoms with van der Waals surface area (Å²) in [5, 5.41) is 9.01. The van der Waals surface area contributed by atoms with Gasteiger partial charge in [-0.1, -0.05) is 34.6 Å². The van der Waals surface area contributed by atoms with Crippen molar-refractivity contribution in [3.63, 3.8) is 0 Å². The lowest BCUT2D eigenvalue weighted by atomic mass is 10.00. The van der Waals surface area contributed by atoms with E-state index in [1.54, 1.807) is 0 Å². The summed E-state index contributed by atoms with van der Waals surface area (Å²) in [4.78, 5) is 0. The summed E-state index contributed by atoms with van der Waals surface area (Å²) in [6.45, 7) is 11.7. The van der Waals surface area contributed by atoms with Gasteiger partial charge >= 0.3 is 0 Å². The van der Waals surface area contributed by atoms with Crippen LogP contribution >= 0.6 is 0 Å². The second-order valence-corrected chi connectivity index (χ2v) is 5.08. The molecule has 0 aliphatic heterocycles. The highest BCUT2D eigenvalue weighted by atomic mass is 16.3. The Morgan fingerprint density at radius 3 is 1.64 bits per heavy atom. The van der Waals surface area contributed by atoms with Crippen molar-refractivity contribution in [2.75, 3.05) is 6.61 Å². The summed E-state index contributed by atoms with van der Waals surface area (Å²) in [7, 11) is 0. The summed E-state index contributed by atoms with van der Waals surface area (Å²) < 4.78 is 0. The van der Waals surface area contributed by atoms with Gasteiger partial charge in [0.05, 0.1) is 0 Å². The van der Waals surface area contributed by atoms with Crippen molar-refractivity contribution in [3.8, 4) is 0 Å². The van der Waals surface area contributed by atoms with E-state index in [-0.39, 0.29) is 0 Å². The minimum absolute atomic E-state index is 0.331. The highest BCUT2D eigenvalue weighted by Crippen LogP contribution is 2.70. The first kappa shape index (κ1) is 9.05. The summed E-state index contributed by atoms with van der Waals surface area (Å²) in [5.74, 6) is 1.15. The van der Waals surface area contributed by atoms with E-state index in [0.29, 0.717) is 29.3 Å². The van der Waals surface area contributed by atoms with Gasteiger partial charge in [-0.05, 0) is 22.7 Å². The summed E-state index contributed by atoms with van der Waals surface area (Å²) in [6.07, 6.45) is 0. The molecule has 1 N–H and O–H groups in total. The molecule has 1 rings (SSSR count). The normalized spacial score (nSPS) is 30.0. The van der Waals surface area contributed by atoms with E-state index in [0.717, 1.165) is 0 Å². The van der Waals surface area contributed by atoms with Gasteiger partial charge in [0, 0.05) is 6.61 Å². The molecule has 1 aliphatic rings. The fraction of sp³-hybridized carbons (Fsp3) is 1.00. The van der Waals surface area contributed by atoms with Crippen LogP contribution in [0.25, 0.3) is 0 Å². The molecule has 0 saturated heterocycles. The molecule has 11 heavy (non-hydrogen) atoms. The Balaban J connectivity index is 2.67. The molecular weight excluding hydrogens is 136 g/mol. The molecule has 0 aromatic rings. The van der Waals surface area contributed by atoms with Gasteiger partial charge in [0.25, 0.3) is 0 Å². The largest absolute Gasteiger partial charge is 0.396 e. The van der Waals surface area contributed by atoms with Gasteiger partial charge in [-0.15, -0.1) is 0 Å². The van der Waals surface area contributed by atoms with E-state index >= 15 is 0 Å². The third-order valence-electron chi connectivity index (χ3n) is 3.99. The van der Waals surface area contributed by atoms with Gasteiger partial charge in [-0.2, -0.15) is 0 Å². The lowest BCUT2D eigenvalue weighted by Gasteiger charge is -2.08. The van der Waals surface area contributed by atoms with Crippen LogP contribution in [0.5, 0.6) is 0 Å². The quantitative estimate of drug-likeness (QED) is 0.650. The average molecular weight is 156 g/mol. The minimum Gasteiger partial charge on any atom is -0.396 e. The molecule has 0 heterocycles. The van der Waals surface area contributed by atoms with Crippen LogP contribution in [0.2, 0.25) is 0 Å². The molecule has 0 spiro atoms. The molecule has 1 nitrogen and oxygen atoms in total. The van der Waals surface area contributed by atoms with Crippen LogP contribution in [0.1, 0.15) is 34.6 Å². The van der Waals surface area contributed by atoms with Crippen molar-refractivity contribution in [2.24, 2.45) is 22.7 Å². The molecule has 0 aromatic carbocycles. The average Bonchev–Trinajstić information content (AvgIpc) is 2.24.